The van der Waals surface area contributed by atoms with Crippen LogP contribution in [-0.2, 0) is 0 Å². The standard InChI is InChI=1S/C9H14N4O/c1-6-3-2-4-13(6)9(14)7-5-8(10)12-11-7/h5-6H,2-4H2,1H3,(H3,10,11,12). The van der Waals surface area contributed by atoms with Gasteiger partial charge in [-0.25, -0.2) is 0 Å². The second-order valence-corrected chi connectivity index (χ2v) is 3.70. The van der Waals surface area contributed by atoms with Crippen LogP contribution < -0.4 is 5.73 Å². The van der Waals surface area contributed by atoms with E-state index in [0.717, 1.165) is 19.4 Å². The molecule has 1 atom stereocenters. The molecule has 0 saturated carbocycles. The van der Waals surface area contributed by atoms with Gasteiger partial charge in [0.25, 0.3) is 5.91 Å². The van der Waals surface area contributed by atoms with Gasteiger partial charge in [0.2, 0.25) is 0 Å². The third kappa shape index (κ3) is 1.45. The molecule has 0 radical (unpaired) electrons. The van der Waals surface area contributed by atoms with Crippen molar-refractivity contribution in [2.24, 2.45) is 0 Å². The van der Waals surface area contributed by atoms with Gasteiger partial charge in [-0.15, -0.1) is 0 Å². The first-order valence-electron chi connectivity index (χ1n) is 4.80. The van der Waals surface area contributed by atoms with E-state index in [1.54, 1.807) is 6.07 Å². The monoisotopic (exact) mass is 194 g/mol. The molecule has 3 N–H and O–H groups in total. The third-order valence-corrected chi connectivity index (χ3v) is 2.64. The molecule has 2 rings (SSSR count). The molecular formula is C9H14N4O. The Hall–Kier alpha value is -1.52. The summed E-state index contributed by atoms with van der Waals surface area (Å²) in [6.45, 7) is 2.89. The maximum absolute atomic E-state index is 11.9. The minimum atomic E-state index is -0.000741. The molecule has 1 aromatic heterocycles. The van der Waals surface area contributed by atoms with Gasteiger partial charge in [-0.05, 0) is 19.8 Å². The summed E-state index contributed by atoms with van der Waals surface area (Å²) in [7, 11) is 0. The van der Waals surface area contributed by atoms with Crippen LogP contribution in [0.2, 0.25) is 0 Å². The minimum absolute atomic E-state index is 0.000741. The van der Waals surface area contributed by atoms with E-state index in [0.29, 0.717) is 17.6 Å². The van der Waals surface area contributed by atoms with Crippen LogP contribution in [0.5, 0.6) is 0 Å². The molecule has 1 unspecified atom stereocenters. The highest BCUT2D eigenvalue weighted by Gasteiger charge is 2.26. The number of aromatic amines is 1. The highest BCUT2D eigenvalue weighted by atomic mass is 16.2. The van der Waals surface area contributed by atoms with E-state index in [9.17, 15) is 4.79 Å². The summed E-state index contributed by atoms with van der Waals surface area (Å²) in [5.74, 6) is 0.361. The smallest absolute Gasteiger partial charge is 0.272 e. The van der Waals surface area contributed by atoms with E-state index in [1.807, 2.05) is 4.90 Å². The third-order valence-electron chi connectivity index (χ3n) is 2.64. The molecule has 14 heavy (non-hydrogen) atoms. The van der Waals surface area contributed by atoms with Crippen molar-refractivity contribution < 1.29 is 4.79 Å². The number of anilines is 1. The van der Waals surface area contributed by atoms with Crippen LogP contribution in [0.15, 0.2) is 6.07 Å². The van der Waals surface area contributed by atoms with Crippen LogP contribution in [0.3, 0.4) is 0 Å². The average Bonchev–Trinajstić information content (AvgIpc) is 2.73. The predicted octanol–water partition coefficient (Wildman–Crippen LogP) is 0.616. The number of nitrogens with zero attached hydrogens (tertiary/aromatic N) is 2. The lowest BCUT2D eigenvalue weighted by Gasteiger charge is -2.20. The topological polar surface area (TPSA) is 75.0 Å². The van der Waals surface area contributed by atoms with E-state index in [-0.39, 0.29) is 5.91 Å². The number of hydrogen-bond donors (Lipinski definition) is 2. The summed E-state index contributed by atoms with van der Waals surface area (Å²) in [6, 6.07) is 1.90. The molecule has 1 aromatic rings. The second-order valence-electron chi connectivity index (χ2n) is 3.70. The first kappa shape index (κ1) is 9.05. The molecule has 1 fully saturated rings. The molecule has 1 amide bonds. The van der Waals surface area contributed by atoms with Gasteiger partial charge in [0.1, 0.15) is 11.5 Å². The molecule has 0 aliphatic carbocycles. The van der Waals surface area contributed by atoms with Gasteiger partial charge in [-0.3, -0.25) is 9.89 Å². The molecule has 1 saturated heterocycles. The van der Waals surface area contributed by atoms with Gasteiger partial charge in [0.15, 0.2) is 0 Å². The lowest BCUT2D eigenvalue weighted by molar-refractivity contribution is 0.0741. The first-order chi connectivity index (χ1) is 6.68. The van der Waals surface area contributed by atoms with Crippen molar-refractivity contribution in [2.45, 2.75) is 25.8 Å². The van der Waals surface area contributed by atoms with Gasteiger partial charge in [0.05, 0.1) is 0 Å². The number of nitrogens with one attached hydrogen (secondary N) is 1. The Kier molecular flexibility index (Phi) is 2.15. The predicted molar refractivity (Wildman–Crippen MR) is 52.7 cm³/mol. The number of amides is 1. The van der Waals surface area contributed by atoms with Crippen LogP contribution in [0.25, 0.3) is 0 Å². The number of aromatic nitrogens is 2. The molecule has 1 aliphatic rings. The SMILES string of the molecule is CC1CCCN1C(=O)c1cc(N)n[nH]1. The molecule has 2 heterocycles. The lowest BCUT2D eigenvalue weighted by Crippen LogP contribution is -2.33. The number of hydrogen-bond acceptors (Lipinski definition) is 3. The maximum atomic E-state index is 11.9. The summed E-state index contributed by atoms with van der Waals surface area (Å²) in [4.78, 5) is 13.7. The summed E-state index contributed by atoms with van der Waals surface area (Å²) < 4.78 is 0. The highest BCUT2D eigenvalue weighted by Crippen LogP contribution is 2.19. The zero-order valence-corrected chi connectivity index (χ0v) is 8.16. The van der Waals surface area contributed by atoms with Crippen molar-refractivity contribution in [3.05, 3.63) is 11.8 Å². The Bertz CT molecular complexity index is 346. The fraction of sp³-hybridized carbons (Fsp3) is 0.556. The fourth-order valence-electron chi connectivity index (χ4n) is 1.84. The highest BCUT2D eigenvalue weighted by molar-refractivity contribution is 5.93. The Balaban J connectivity index is 2.15. The fourth-order valence-corrected chi connectivity index (χ4v) is 1.84. The van der Waals surface area contributed by atoms with Gasteiger partial charge in [-0.1, -0.05) is 0 Å². The number of rotatable bonds is 1. The van der Waals surface area contributed by atoms with Crippen molar-refractivity contribution in [1.29, 1.82) is 0 Å². The number of likely N-dealkylation sites (tertiary alicyclic amines) is 1. The quantitative estimate of drug-likeness (QED) is 0.688. The lowest BCUT2D eigenvalue weighted by atomic mass is 10.2. The van der Waals surface area contributed by atoms with Crippen molar-refractivity contribution in [3.63, 3.8) is 0 Å². The average molecular weight is 194 g/mol. The van der Waals surface area contributed by atoms with E-state index in [4.69, 9.17) is 5.73 Å². The van der Waals surface area contributed by atoms with E-state index < -0.39 is 0 Å². The van der Waals surface area contributed by atoms with E-state index in [1.165, 1.54) is 0 Å². The van der Waals surface area contributed by atoms with Crippen molar-refractivity contribution in [3.8, 4) is 0 Å². The van der Waals surface area contributed by atoms with E-state index >= 15 is 0 Å². The van der Waals surface area contributed by atoms with E-state index in [2.05, 4.69) is 17.1 Å². The summed E-state index contributed by atoms with van der Waals surface area (Å²) in [5, 5.41) is 6.38. The molecule has 1 aliphatic heterocycles. The molecule has 76 valence electrons. The second kappa shape index (κ2) is 3.32. The van der Waals surface area contributed by atoms with Crippen LogP contribution in [0.1, 0.15) is 30.3 Å². The molecule has 5 nitrogen and oxygen atoms in total. The first-order valence-corrected chi connectivity index (χ1v) is 4.80. The molecule has 5 heteroatoms. The Morgan fingerprint density at radius 2 is 2.57 bits per heavy atom. The Morgan fingerprint density at radius 3 is 3.07 bits per heavy atom. The summed E-state index contributed by atoms with van der Waals surface area (Å²) >= 11 is 0. The number of carbonyl (C=O) groups is 1. The normalized spacial score (nSPS) is 21.5. The summed E-state index contributed by atoms with van der Waals surface area (Å²) in [5.41, 5.74) is 5.92. The Labute approximate surface area is 82.3 Å². The molecular weight excluding hydrogens is 180 g/mol. The number of carbonyl (C=O) groups excluding carboxylic acids is 1. The maximum Gasteiger partial charge on any atom is 0.272 e. The molecule has 0 spiro atoms. The van der Waals surface area contributed by atoms with Crippen molar-refractivity contribution in [1.82, 2.24) is 15.1 Å². The number of nitrogens with two attached hydrogens (primary N) is 1. The molecule has 0 bridgehead atoms. The van der Waals surface area contributed by atoms with Crippen LogP contribution in [0, 0.1) is 0 Å². The largest absolute Gasteiger partial charge is 0.382 e. The van der Waals surface area contributed by atoms with Gasteiger partial charge in [0, 0.05) is 18.7 Å². The zero-order valence-electron chi connectivity index (χ0n) is 8.16. The number of nitrogen functional groups attached to an aromatic ring is 1. The Morgan fingerprint density at radius 1 is 1.79 bits per heavy atom. The van der Waals surface area contributed by atoms with Crippen LogP contribution in [-0.4, -0.2) is 33.6 Å². The van der Waals surface area contributed by atoms with Gasteiger partial charge < -0.3 is 10.6 Å². The van der Waals surface area contributed by atoms with Crippen LogP contribution in [0.4, 0.5) is 5.82 Å². The van der Waals surface area contributed by atoms with Crippen LogP contribution >= 0.6 is 0 Å². The number of H-pyrrole nitrogens is 1. The van der Waals surface area contributed by atoms with Crippen molar-refractivity contribution >= 4 is 11.7 Å². The van der Waals surface area contributed by atoms with Gasteiger partial charge >= 0.3 is 0 Å². The summed E-state index contributed by atoms with van der Waals surface area (Å²) in [6.07, 6.45) is 2.16. The minimum Gasteiger partial charge on any atom is -0.382 e. The van der Waals surface area contributed by atoms with Crippen molar-refractivity contribution in [2.75, 3.05) is 12.3 Å². The van der Waals surface area contributed by atoms with Gasteiger partial charge in [-0.2, -0.15) is 5.10 Å². The zero-order chi connectivity index (χ0) is 10.1. The molecule has 0 aromatic carbocycles.